The van der Waals surface area contributed by atoms with E-state index in [4.69, 9.17) is 5.11 Å². The molecule has 0 aliphatic rings. The van der Waals surface area contributed by atoms with Crippen LogP contribution in [0.15, 0.2) is 37.1 Å². The Morgan fingerprint density at radius 2 is 2.00 bits per heavy atom. The van der Waals surface area contributed by atoms with Crippen LogP contribution in [0.25, 0.3) is 0 Å². The molecule has 0 saturated heterocycles. The van der Waals surface area contributed by atoms with Crippen LogP contribution in [0, 0.1) is 0 Å². The maximum absolute atomic E-state index is 10.6. The fraction of sp³-hybridized carbons (Fsp3) is 0.333. The van der Waals surface area contributed by atoms with Crippen molar-refractivity contribution in [3.05, 3.63) is 37.1 Å². The van der Waals surface area contributed by atoms with Crippen molar-refractivity contribution in [2.45, 2.75) is 6.92 Å². The van der Waals surface area contributed by atoms with Crippen LogP contribution in [0.1, 0.15) is 6.92 Å². The van der Waals surface area contributed by atoms with Gasteiger partial charge in [0.05, 0.1) is 6.26 Å². The van der Waals surface area contributed by atoms with Gasteiger partial charge in [0.1, 0.15) is 6.73 Å². The summed E-state index contributed by atoms with van der Waals surface area (Å²) in [5, 5.41) is 13.0. The summed E-state index contributed by atoms with van der Waals surface area (Å²) in [6.45, 7) is 8.90. The first kappa shape index (κ1) is 18.3. The zero-order valence-corrected chi connectivity index (χ0v) is 10.7. The molecule has 0 atom stereocenters. The first-order valence-electron chi connectivity index (χ1n) is 5.11. The molecular formula is C12H20N2O4. The van der Waals surface area contributed by atoms with Crippen molar-refractivity contribution >= 4 is 11.8 Å². The Morgan fingerprint density at radius 3 is 2.39 bits per heavy atom. The van der Waals surface area contributed by atoms with Gasteiger partial charge in [-0.1, -0.05) is 13.2 Å². The van der Waals surface area contributed by atoms with E-state index in [1.54, 1.807) is 6.92 Å². The molecule has 0 bridgehead atoms. The minimum absolute atomic E-state index is 0.170. The molecule has 6 heteroatoms. The molecule has 0 aliphatic heterocycles. The third-order valence-electron chi connectivity index (χ3n) is 1.45. The molecule has 0 heterocycles. The summed E-state index contributed by atoms with van der Waals surface area (Å²) in [7, 11) is 1.51. The monoisotopic (exact) mass is 256 g/mol. The molecular weight excluding hydrogens is 236 g/mol. The highest BCUT2D eigenvalue weighted by Crippen LogP contribution is 1.83. The third kappa shape index (κ3) is 13.9. The lowest BCUT2D eigenvalue weighted by atomic mass is 10.3. The summed E-state index contributed by atoms with van der Waals surface area (Å²) < 4.78 is 4.59. The number of aliphatic hydroxyl groups is 1. The van der Waals surface area contributed by atoms with E-state index in [1.165, 1.54) is 19.3 Å². The van der Waals surface area contributed by atoms with Gasteiger partial charge in [0, 0.05) is 19.2 Å². The Kier molecular flexibility index (Phi) is 13.2. The van der Waals surface area contributed by atoms with E-state index in [9.17, 15) is 9.59 Å². The van der Waals surface area contributed by atoms with Crippen LogP contribution in [0.4, 0.5) is 0 Å². The second-order valence-electron chi connectivity index (χ2n) is 3.05. The smallest absolute Gasteiger partial charge is 0.248 e. The average molecular weight is 256 g/mol. The average Bonchev–Trinajstić information content (AvgIpc) is 2.36. The summed E-state index contributed by atoms with van der Waals surface area (Å²) in [6, 6.07) is 0. The van der Waals surface area contributed by atoms with Gasteiger partial charge in [-0.05, 0) is 19.1 Å². The van der Waals surface area contributed by atoms with Crippen molar-refractivity contribution in [2.75, 3.05) is 20.4 Å². The van der Waals surface area contributed by atoms with Gasteiger partial charge in [0.25, 0.3) is 0 Å². The maximum atomic E-state index is 10.6. The van der Waals surface area contributed by atoms with E-state index >= 15 is 0 Å². The van der Waals surface area contributed by atoms with Gasteiger partial charge >= 0.3 is 0 Å². The lowest BCUT2D eigenvalue weighted by molar-refractivity contribution is -0.119. The number of methoxy groups -OCH3 is 1. The number of rotatable bonds is 6. The molecule has 3 N–H and O–H groups in total. The number of hydrogen-bond donors (Lipinski definition) is 3. The Labute approximate surface area is 107 Å². The molecule has 6 nitrogen and oxygen atoms in total. The van der Waals surface area contributed by atoms with E-state index in [-0.39, 0.29) is 18.5 Å². The first-order chi connectivity index (χ1) is 8.49. The molecule has 2 amide bonds. The van der Waals surface area contributed by atoms with Crippen molar-refractivity contribution in [3.63, 3.8) is 0 Å². The van der Waals surface area contributed by atoms with Crippen molar-refractivity contribution in [3.8, 4) is 0 Å². The van der Waals surface area contributed by atoms with Gasteiger partial charge in [-0.25, -0.2) is 0 Å². The van der Waals surface area contributed by atoms with Gasteiger partial charge in [0.15, 0.2) is 0 Å². The third-order valence-corrected chi connectivity index (χ3v) is 1.45. The van der Waals surface area contributed by atoms with E-state index in [0.717, 1.165) is 6.26 Å². The Hall–Kier alpha value is -2.08. The van der Waals surface area contributed by atoms with Crippen molar-refractivity contribution in [1.29, 1.82) is 0 Å². The quantitative estimate of drug-likeness (QED) is 0.370. The maximum Gasteiger partial charge on any atom is 0.248 e. The summed E-state index contributed by atoms with van der Waals surface area (Å²) in [4.78, 5) is 21.0. The van der Waals surface area contributed by atoms with Gasteiger partial charge < -0.3 is 20.5 Å². The lowest BCUT2D eigenvalue weighted by Gasteiger charge is -2.00. The van der Waals surface area contributed by atoms with Crippen molar-refractivity contribution in [1.82, 2.24) is 10.6 Å². The molecule has 18 heavy (non-hydrogen) atoms. The van der Waals surface area contributed by atoms with Gasteiger partial charge in [-0.3, -0.25) is 9.59 Å². The zero-order valence-electron chi connectivity index (χ0n) is 10.7. The molecule has 0 unspecified atom stereocenters. The van der Waals surface area contributed by atoms with E-state index in [2.05, 4.69) is 28.5 Å². The molecule has 0 saturated carbocycles. The molecule has 0 radical (unpaired) electrons. The number of nitrogens with one attached hydrogen (secondary N) is 2. The van der Waals surface area contributed by atoms with E-state index in [1.807, 2.05) is 0 Å². The van der Waals surface area contributed by atoms with E-state index in [0.29, 0.717) is 12.1 Å². The highest BCUT2D eigenvalue weighted by Gasteiger charge is 1.96. The normalized spacial score (nSPS) is 9.00. The standard InChI is InChI=1S/C6H11NO2.C6H9NO2/c1-5(2)6(8)7-4-9-3;1-2-6(9)7-4-3-5-8/h1,4H2,2-3H3,(H,7,8);2-3,5,8H,1,4H2,(H,7,9). The minimum Gasteiger partial charge on any atom is -0.516 e. The number of carbonyl (C=O) groups excluding carboxylic acids is 2. The topological polar surface area (TPSA) is 87.7 Å². The highest BCUT2D eigenvalue weighted by molar-refractivity contribution is 5.91. The second-order valence-corrected chi connectivity index (χ2v) is 3.05. The van der Waals surface area contributed by atoms with Gasteiger partial charge in [0.2, 0.25) is 11.8 Å². The Balaban J connectivity index is 0. The predicted octanol–water partition coefficient (Wildman–Crippen LogP) is 0.643. The molecule has 0 aromatic heterocycles. The fourth-order valence-electron chi connectivity index (χ4n) is 0.573. The molecule has 0 aliphatic carbocycles. The lowest BCUT2D eigenvalue weighted by Crippen LogP contribution is -2.25. The summed E-state index contributed by atoms with van der Waals surface area (Å²) in [6.07, 6.45) is 3.47. The Morgan fingerprint density at radius 1 is 1.39 bits per heavy atom. The number of hydrogen-bond acceptors (Lipinski definition) is 4. The first-order valence-corrected chi connectivity index (χ1v) is 5.11. The SMILES string of the molecule is C=C(C)C(=O)NCOC.C=CC(=O)NCC=CO. The van der Waals surface area contributed by atoms with Crippen LogP contribution in [0.2, 0.25) is 0 Å². The molecule has 0 fully saturated rings. The highest BCUT2D eigenvalue weighted by atomic mass is 16.5. The van der Waals surface area contributed by atoms with E-state index < -0.39 is 0 Å². The van der Waals surface area contributed by atoms with Gasteiger partial charge in [-0.15, -0.1) is 0 Å². The van der Waals surface area contributed by atoms with Crippen LogP contribution in [0.5, 0.6) is 0 Å². The molecule has 0 spiro atoms. The molecule has 0 aromatic carbocycles. The molecule has 0 rings (SSSR count). The van der Waals surface area contributed by atoms with Gasteiger partial charge in [-0.2, -0.15) is 0 Å². The largest absolute Gasteiger partial charge is 0.516 e. The van der Waals surface area contributed by atoms with Crippen molar-refractivity contribution in [2.24, 2.45) is 0 Å². The number of amides is 2. The number of aliphatic hydroxyl groups excluding tert-OH is 1. The molecule has 102 valence electrons. The summed E-state index contributed by atoms with van der Waals surface area (Å²) in [5.74, 6) is -0.412. The Bertz CT molecular complexity index is 311. The van der Waals surface area contributed by atoms with Crippen molar-refractivity contribution < 1.29 is 19.4 Å². The molecule has 0 aromatic rings. The minimum atomic E-state index is -0.242. The summed E-state index contributed by atoms with van der Waals surface area (Å²) in [5.41, 5.74) is 0.493. The van der Waals surface area contributed by atoms with Crippen LogP contribution in [-0.4, -0.2) is 37.3 Å². The predicted molar refractivity (Wildman–Crippen MR) is 69.8 cm³/mol. The van der Waals surface area contributed by atoms with Crippen LogP contribution >= 0.6 is 0 Å². The zero-order chi connectivity index (χ0) is 14.4. The fourth-order valence-corrected chi connectivity index (χ4v) is 0.573. The number of ether oxygens (including phenoxy) is 1. The second kappa shape index (κ2) is 13.0. The van der Waals surface area contributed by atoms with Crippen LogP contribution in [0.3, 0.4) is 0 Å². The summed E-state index contributed by atoms with van der Waals surface area (Å²) >= 11 is 0. The van der Waals surface area contributed by atoms with Crippen LogP contribution in [-0.2, 0) is 14.3 Å². The number of carbonyl (C=O) groups is 2. The van der Waals surface area contributed by atoms with Crippen LogP contribution < -0.4 is 10.6 Å².